The van der Waals surface area contributed by atoms with E-state index >= 15 is 0 Å². The molecule has 0 bridgehead atoms. The molecule has 0 unspecified atom stereocenters. The molecule has 4 nitrogen and oxygen atoms in total. The molecule has 0 saturated heterocycles. The zero-order chi connectivity index (χ0) is 17.7. The minimum absolute atomic E-state index is 0.174. The number of hydrogen-bond acceptors (Lipinski definition) is 5. The summed E-state index contributed by atoms with van der Waals surface area (Å²) in [4.78, 5) is 0. The number of benzene rings is 1. The van der Waals surface area contributed by atoms with Gasteiger partial charge in [-0.25, -0.2) is 4.39 Å². The van der Waals surface area contributed by atoms with Gasteiger partial charge in [-0.3, -0.25) is 0 Å². The van der Waals surface area contributed by atoms with E-state index in [2.05, 4.69) is 11.6 Å². The number of rotatable bonds is 9. The van der Waals surface area contributed by atoms with Crippen molar-refractivity contribution in [2.75, 3.05) is 17.6 Å². The third-order valence-corrected chi connectivity index (χ3v) is 4.70. The SMILES string of the molecule is CCCSNc1cc([B]OC(C)(C)C(C)(C)O)cc(F)c1OC. The van der Waals surface area contributed by atoms with Gasteiger partial charge >= 0.3 is 7.48 Å². The van der Waals surface area contributed by atoms with E-state index in [1.54, 1.807) is 33.8 Å². The Hall–Kier alpha value is -0.915. The van der Waals surface area contributed by atoms with Crippen LogP contribution in [0.25, 0.3) is 0 Å². The summed E-state index contributed by atoms with van der Waals surface area (Å²) >= 11 is 1.49. The molecule has 1 aromatic rings. The van der Waals surface area contributed by atoms with Gasteiger partial charge in [0.05, 0.1) is 24.0 Å². The molecule has 0 spiro atoms. The molecule has 0 aromatic heterocycles. The standard InChI is InChI=1S/C16H26BFNO3S/c1-7-8-23-19-13-10-11(9-12(18)14(13)21-6)17-22-16(4,5)15(2,3)20/h9-10,19-20H,7-8H2,1-6H3. The third kappa shape index (κ3) is 5.58. The molecule has 0 atom stereocenters. The summed E-state index contributed by atoms with van der Waals surface area (Å²) in [5.74, 6) is 0.610. The van der Waals surface area contributed by atoms with Crippen LogP contribution in [-0.4, -0.2) is 36.7 Å². The van der Waals surface area contributed by atoms with Crippen LogP contribution in [0.5, 0.6) is 5.75 Å². The van der Waals surface area contributed by atoms with E-state index < -0.39 is 17.0 Å². The maximum atomic E-state index is 14.2. The first-order valence-electron chi connectivity index (χ1n) is 7.61. The van der Waals surface area contributed by atoms with Crippen LogP contribution in [0.4, 0.5) is 10.1 Å². The van der Waals surface area contributed by atoms with Crippen LogP contribution in [0, 0.1) is 5.82 Å². The van der Waals surface area contributed by atoms with Crippen molar-refractivity contribution in [2.24, 2.45) is 0 Å². The summed E-state index contributed by atoms with van der Waals surface area (Å²) in [6, 6.07) is 3.10. The predicted octanol–water partition coefficient (Wildman–Crippen LogP) is 3.12. The topological polar surface area (TPSA) is 50.7 Å². The number of methoxy groups -OCH3 is 1. The number of anilines is 1. The summed E-state index contributed by atoms with van der Waals surface area (Å²) in [6.45, 7) is 8.97. The molecule has 1 rings (SSSR count). The van der Waals surface area contributed by atoms with Crippen molar-refractivity contribution in [3.8, 4) is 5.75 Å². The fourth-order valence-electron chi connectivity index (χ4n) is 1.56. The minimum atomic E-state index is -1.04. The maximum absolute atomic E-state index is 14.2. The summed E-state index contributed by atoms with van der Waals surface area (Å²) in [6.07, 6.45) is 1.01. The van der Waals surface area contributed by atoms with Gasteiger partial charge in [-0.2, -0.15) is 0 Å². The molecule has 23 heavy (non-hydrogen) atoms. The number of ether oxygens (including phenoxy) is 1. The second kappa shape index (κ2) is 8.26. The average Bonchev–Trinajstić information content (AvgIpc) is 2.44. The highest BCUT2D eigenvalue weighted by Gasteiger charge is 2.35. The number of hydrogen-bond donors (Lipinski definition) is 2. The molecule has 129 valence electrons. The van der Waals surface area contributed by atoms with Gasteiger partial charge in [0.15, 0.2) is 11.6 Å². The molecule has 7 heteroatoms. The van der Waals surface area contributed by atoms with E-state index in [4.69, 9.17) is 9.39 Å². The molecule has 0 aliphatic carbocycles. The lowest BCUT2D eigenvalue weighted by Gasteiger charge is -2.37. The van der Waals surface area contributed by atoms with Crippen molar-refractivity contribution in [1.29, 1.82) is 0 Å². The van der Waals surface area contributed by atoms with Crippen molar-refractivity contribution in [3.05, 3.63) is 17.9 Å². The van der Waals surface area contributed by atoms with E-state index in [0.29, 0.717) is 11.2 Å². The van der Waals surface area contributed by atoms with Crippen molar-refractivity contribution < 1.29 is 18.9 Å². The van der Waals surface area contributed by atoms with Crippen molar-refractivity contribution in [3.63, 3.8) is 0 Å². The second-order valence-corrected chi connectivity index (χ2v) is 7.24. The lowest BCUT2D eigenvalue weighted by molar-refractivity contribution is -0.0893. The number of nitrogens with one attached hydrogen (secondary N) is 1. The quantitative estimate of drug-likeness (QED) is 0.410. The predicted molar refractivity (Wildman–Crippen MR) is 96.2 cm³/mol. The molecule has 1 radical (unpaired) electrons. The van der Waals surface area contributed by atoms with Crippen LogP contribution in [0.2, 0.25) is 0 Å². The molecule has 0 amide bonds. The fraction of sp³-hybridized carbons (Fsp3) is 0.625. The summed E-state index contributed by atoms with van der Waals surface area (Å²) in [5, 5.41) is 10.1. The van der Waals surface area contributed by atoms with Crippen molar-refractivity contribution in [2.45, 2.75) is 52.2 Å². The minimum Gasteiger partial charge on any atom is -0.492 e. The third-order valence-electron chi connectivity index (χ3n) is 3.72. The molecule has 0 saturated carbocycles. The highest BCUT2D eigenvalue weighted by Crippen LogP contribution is 2.29. The monoisotopic (exact) mass is 342 g/mol. The number of aliphatic hydroxyl groups is 1. The van der Waals surface area contributed by atoms with Crippen LogP contribution in [0.3, 0.4) is 0 Å². The normalized spacial score (nSPS) is 12.2. The average molecular weight is 342 g/mol. The molecule has 0 aliphatic heterocycles. The smallest absolute Gasteiger partial charge is 0.331 e. The van der Waals surface area contributed by atoms with Gasteiger partial charge < -0.3 is 19.2 Å². The first kappa shape index (κ1) is 20.1. The molecule has 1 aromatic carbocycles. The fourth-order valence-corrected chi connectivity index (χ4v) is 2.17. The van der Waals surface area contributed by atoms with E-state index in [0.717, 1.165) is 12.2 Å². The summed E-state index contributed by atoms with van der Waals surface area (Å²) in [7, 11) is 2.89. The molecule has 0 heterocycles. The molecule has 2 N–H and O–H groups in total. The second-order valence-electron chi connectivity index (χ2n) is 6.34. The first-order valence-corrected chi connectivity index (χ1v) is 8.59. The summed E-state index contributed by atoms with van der Waals surface area (Å²) in [5.41, 5.74) is -0.734. The molecule has 0 fully saturated rings. The number of halogens is 1. The van der Waals surface area contributed by atoms with E-state index in [9.17, 15) is 9.50 Å². The highest BCUT2D eigenvalue weighted by molar-refractivity contribution is 8.00. The Balaban J connectivity index is 2.91. The van der Waals surface area contributed by atoms with Crippen molar-refractivity contribution in [1.82, 2.24) is 0 Å². The highest BCUT2D eigenvalue weighted by atomic mass is 32.2. The Morgan fingerprint density at radius 2 is 1.96 bits per heavy atom. The Morgan fingerprint density at radius 3 is 2.48 bits per heavy atom. The van der Waals surface area contributed by atoms with Gasteiger partial charge in [0.2, 0.25) is 0 Å². The van der Waals surface area contributed by atoms with Gasteiger partial charge in [-0.05, 0) is 51.7 Å². The van der Waals surface area contributed by atoms with Gasteiger partial charge in [0.1, 0.15) is 0 Å². The van der Waals surface area contributed by atoms with E-state index in [-0.39, 0.29) is 5.75 Å². The maximum Gasteiger partial charge on any atom is 0.331 e. The van der Waals surface area contributed by atoms with Crippen LogP contribution in [-0.2, 0) is 4.65 Å². The Morgan fingerprint density at radius 1 is 1.30 bits per heavy atom. The lowest BCUT2D eigenvalue weighted by atomic mass is 9.82. The van der Waals surface area contributed by atoms with Gasteiger partial charge in [-0.1, -0.05) is 18.9 Å². The van der Waals surface area contributed by atoms with Crippen LogP contribution in [0.15, 0.2) is 12.1 Å². The van der Waals surface area contributed by atoms with Gasteiger partial charge in [0, 0.05) is 5.75 Å². The Kier molecular flexibility index (Phi) is 7.23. The van der Waals surface area contributed by atoms with Gasteiger partial charge in [-0.15, -0.1) is 0 Å². The summed E-state index contributed by atoms with van der Waals surface area (Å²) < 4.78 is 28.1. The molecular weight excluding hydrogens is 316 g/mol. The molecular formula is C16H26BFNO3S. The van der Waals surface area contributed by atoms with Crippen LogP contribution < -0.4 is 14.9 Å². The van der Waals surface area contributed by atoms with Crippen molar-refractivity contribution >= 4 is 30.6 Å². The lowest BCUT2D eigenvalue weighted by Crippen LogP contribution is -2.49. The Bertz CT molecular complexity index is 521. The zero-order valence-electron chi connectivity index (χ0n) is 14.7. The zero-order valence-corrected chi connectivity index (χ0v) is 15.5. The largest absolute Gasteiger partial charge is 0.492 e. The van der Waals surface area contributed by atoms with E-state index in [1.807, 2.05) is 0 Å². The van der Waals surface area contributed by atoms with Gasteiger partial charge in [0.25, 0.3) is 0 Å². The Labute approximate surface area is 143 Å². The van der Waals surface area contributed by atoms with Crippen LogP contribution >= 0.6 is 11.9 Å². The molecule has 0 aliphatic rings. The van der Waals surface area contributed by atoms with E-state index in [1.165, 1.54) is 32.6 Å². The first-order chi connectivity index (χ1) is 10.6. The van der Waals surface area contributed by atoms with Crippen LogP contribution in [0.1, 0.15) is 41.0 Å².